The topological polar surface area (TPSA) is 85.6 Å². The summed E-state index contributed by atoms with van der Waals surface area (Å²) in [6.45, 7) is 5.67. The third kappa shape index (κ3) is 2.27. The van der Waals surface area contributed by atoms with Gasteiger partial charge >= 0.3 is 5.82 Å². The minimum absolute atomic E-state index is 0.0454. The highest BCUT2D eigenvalue weighted by molar-refractivity contribution is 7.15. The fourth-order valence-corrected chi connectivity index (χ4v) is 3.12. The first-order valence-electron chi connectivity index (χ1n) is 6.40. The van der Waals surface area contributed by atoms with E-state index in [1.807, 2.05) is 26.8 Å². The smallest absolute Gasteiger partial charge is 0.372 e. The molecule has 1 N–H and O–H groups in total. The van der Waals surface area contributed by atoms with Crippen molar-refractivity contribution in [2.24, 2.45) is 0 Å². The summed E-state index contributed by atoms with van der Waals surface area (Å²) >= 11 is 1.36. The van der Waals surface area contributed by atoms with Crippen molar-refractivity contribution in [1.29, 1.82) is 0 Å². The Kier molecular flexibility index (Phi) is 3.17. The molecule has 0 saturated carbocycles. The average Bonchev–Trinajstić information content (AvgIpc) is 3.02. The zero-order valence-electron chi connectivity index (χ0n) is 11.8. The van der Waals surface area contributed by atoms with E-state index in [-0.39, 0.29) is 17.7 Å². The Balaban J connectivity index is 1.97. The van der Waals surface area contributed by atoms with Crippen LogP contribution in [0.25, 0.3) is 4.96 Å². The Morgan fingerprint density at radius 3 is 2.90 bits per heavy atom. The average molecular weight is 306 g/mol. The van der Waals surface area contributed by atoms with Gasteiger partial charge in [0.15, 0.2) is 0 Å². The number of nitrogens with one attached hydrogen (secondary N) is 1. The molecule has 0 fully saturated rings. The van der Waals surface area contributed by atoms with Crippen LogP contribution in [0, 0.1) is 24.0 Å². The van der Waals surface area contributed by atoms with E-state index in [1.54, 1.807) is 11.6 Å². The molecule has 0 radical (unpaired) electrons. The van der Waals surface area contributed by atoms with Crippen LogP contribution in [-0.4, -0.2) is 14.3 Å². The van der Waals surface area contributed by atoms with Gasteiger partial charge in [-0.3, -0.25) is 0 Å². The van der Waals surface area contributed by atoms with Crippen LogP contribution in [0.15, 0.2) is 22.1 Å². The highest BCUT2D eigenvalue weighted by Gasteiger charge is 2.25. The number of nitrogens with zero attached hydrogens (tertiary/aromatic N) is 3. The van der Waals surface area contributed by atoms with Crippen molar-refractivity contribution >= 4 is 27.9 Å². The summed E-state index contributed by atoms with van der Waals surface area (Å²) < 4.78 is 6.98. The predicted octanol–water partition coefficient (Wildman–Crippen LogP) is 3.69. The van der Waals surface area contributed by atoms with Gasteiger partial charge in [0, 0.05) is 10.9 Å². The summed E-state index contributed by atoms with van der Waals surface area (Å²) in [6.07, 6.45) is 1.65. The predicted molar refractivity (Wildman–Crippen MR) is 79.9 cm³/mol. The number of anilines is 1. The van der Waals surface area contributed by atoms with Gasteiger partial charge < -0.3 is 19.8 Å². The highest BCUT2D eigenvalue weighted by atomic mass is 32.1. The third-order valence-electron chi connectivity index (χ3n) is 3.31. The highest BCUT2D eigenvalue weighted by Crippen LogP contribution is 2.32. The van der Waals surface area contributed by atoms with Gasteiger partial charge in [-0.15, -0.1) is 0 Å². The zero-order chi connectivity index (χ0) is 15.1. The first-order chi connectivity index (χ1) is 9.97. The number of aromatic nitrogens is 2. The van der Waals surface area contributed by atoms with Crippen molar-refractivity contribution in [3.05, 3.63) is 44.8 Å². The van der Waals surface area contributed by atoms with Gasteiger partial charge in [0.05, 0.1) is 6.04 Å². The maximum absolute atomic E-state index is 11.3. The Bertz CT molecular complexity index is 817. The molecule has 0 bridgehead atoms. The normalized spacial score (nSPS) is 12.7. The number of nitro groups is 1. The van der Waals surface area contributed by atoms with Gasteiger partial charge in [0.2, 0.25) is 5.82 Å². The molecule has 8 heteroatoms. The molecule has 0 spiro atoms. The van der Waals surface area contributed by atoms with Crippen LogP contribution >= 0.6 is 11.3 Å². The summed E-state index contributed by atoms with van der Waals surface area (Å²) in [6, 6.07) is 1.79. The number of hydrogen-bond donors (Lipinski definition) is 1. The lowest BCUT2D eigenvalue weighted by Gasteiger charge is -2.12. The number of rotatable bonds is 4. The van der Waals surface area contributed by atoms with E-state index < -0.39 is 4.92 Å². The monoisotopic (exact) mass is 306 g/mol. The molecule has 0 unspecified atom stereocenters. The second-order valence-corrected chi connectivity index (χ2v) is 5.70. The molecule has 0 aliphatic carbocycles. The van der Waals surface area contributed by atoms with Gasteiger partial charge in [-0.2, -0.15) is 9.38 Å². The van der Waals surface area contributed by atoms with Crippen molar-refractivity contribution in [1.82, 2.24) is 9.38 Å². The lowest BCUT2D eigenvalue weighted by molar-refractivity contribution is -0.389. The summed E-state index contributed by atoms with van der Waals surface area (Å²) in [5, 5.41) is 16.2. The van der Waals surface area contributed by atoms with E-state index in [0.29, 0.717) is 4.96 Å². The van der Waals surface area contributed by atoms with Gasteiger partial charge in [-0.25, -0.2) is 0 Å². The van der Waals surface area contributed by atoms with Crippen LogP contribution < -0.4 is 5.32 Å². The molecule has 0 saturated heterocycles. The minimum Gasteiger partial charge on any atom is -0.466 e. The number of hydrogen-bond acceptors (Lipinski definition) is 6. The molecule has 0 aromatic carbocycles. The fraction of sp³-hybridized carbons (Fsp3) is 0.308. The first-order valence-corrected chi connectivity index (χ1v) is 7.28. The molecule has 110 valence electrons. The van der Waals surface area contributed by atoms with Crippen LogP contribution in [0.3, 0.4) is 0 Å². The van der Waals surface area contributed by atoms with Crippen LogP contribution in [0.2, 0.25) is 0 Å². The lowest BCUT2D eigenvalue weighted by Crippen LogP contribution is -2.09. The molecule has 3 aromatic heterocycles. The Morgan fingerprint density at radius 1 is 1.52 bits per heavy atom. The van der Waals surface area contributed by atoms with Crippen LogP contribution in [0.4, 0.5) is 11.6 Å². The number of furan rings is 1. The maximum atomic E-state index is 11.3. The molecule has 3 rings (SSSR count). The van der Waals surface area contributed by atoms with E-state index in [2.05, 4.69) is 10.3 Å². The van der Waals surface area contributed by atoms with Crippen molar-refractivity contribution in [2.45, 2.75) is 26.8 Å². The van der Waals surface area contributed by atoms with Crippen LogP contribution in [0.5, 0.6) is 0 Å². The zero-order valence-corrected chi connectivity index (χ0v) is 12.6. The summed E-state index contributed by atoms with van der Waals surface area (Å²) in [5.74, 6) is 1.85. The fourth-order valence-electron chi connectivity index (χ4n) is 2.41. The SMILES string of the molecule is Cc1cc([C@H](C)Nc2nc3sccn3c2[N+](=O)[O-])c(C)o1. The second kappa shape index (κ2) is 4.88. The molecule has 0 amide bonds. The molecule has 1 atom stereocenters. The molecule has 3 aromatic rings. The van der Waals surface area contributed by atoms with Crippen molar-refractivity contribution in [2.75, 3.05) is 5.32 Å². The second-order valence-electron chi connectivity index (χ2n) is 4.83. The molecule has 3 heterocycles. The van der Waals surface area contributed by atoms with E-state index in [0.717, 1.165) is 17.1 Å². The molecule has 0 aliphatic heterocycles. The largest absolute Gasteiger partial charge is 0.466 e. The summed E-state index contributed by atoms with van der Waals surface area (Å²) in [4.78, 5) is 15.7. The number of thiazole rings is 1. The maximum Gasteiger partial charge on any atom is 0.372 e. The summed E-state index contributed by atoms with van der Waals surface area (Å²) in [7, 11) is 0. The quantitative estimate of drug-likeness (QED) is 0.587. The number of fused-ring (bicyclic) bond motifs is 1. The van der Waals surface area contributed by atoms with Gasteiger partial charge in [-0.05, 0) is 31.8 Å². The Labute approximate surface area is 124 Å². The van der Waals surface area contributed by atoms with Gasteiger partial charge in [0.25, 0.3) is 4.96 Å². The Morgan fingerprint density at radius 2 is 2.29 bits per heavy atom. The van der Waals surface area contributed by atoms with Crippen LogP contribution in [0.1, 0.15) is 30.0 Å². The summed E-state index contributed by atoms with van der Waals surface area (Å²) in [5.41, 5.74) is 0.971. The molecular weight excluding hydrogens is 292 g/mol. The van der Waals surface area contributed by atoms with Crippen LogP contribution in [-0.2, 0) is 0 Å². The van der Waals surface area contributed by atoms with E-state index >= 15 is 0 Å². The van der Waals surface area contributed by atoms with Crippen molar-refractivity contribution in [3.8, 4) is 0 Å². The first kappa shape index (κ1) is 13.6. The van der Waals surface area contributed by atoms with Crippen molar-refractivity contribution < 1.29 is 9.34 Å². The van der Waals surface area contributed by atoms with Gasteiger partial charge in [-0.1, -0.05) is 11.3 Å². The number of aryl methyl sites for hydroxylation is 2. The van der Waals surface area contributed by atoms with Crippen molar-refractivity contribution in [3.63, 3.8) is 0 Å². The van der Waals surface area contributed by atoms with E-state index in [1.165, 1.54) is 15.7 Å². The molecular formula is C13H14N4O3S. The Hall–Kier alpha value is -2.35. The molecule has 21 heavy (non-hydrogen) atoms. The third-order valence-corrected chi connectivity index (χ3v) is 4.07. The minimum atomic E-state index is -0.421. The van der Waals surface area contributed by atoms with E-state index in [4.69, 9.17) is 4.42 Å². The lowest BCUT2D eigenvalue weighted by atomic mass is 10.1. The van der Waals surface area contributed by atoms with Gasteiger partial charge in [0.1, 0.15) is 17.7 Å². The van der Waals surface area contributed by atoms with E-state index in [9.17, 15) is 10.1 Å². The molecule has 0 aliphatic rings. The molecule has 7 nitrogen and oxygen atoms in total. The number of imidazole rings is 1. The standard InChI is InChI=1S/C13H14N4O3S/c1-7-6-10(9(3)20-7)8(2)14-11-12(17(18)19)16-4-5-21-13(16)15-11/h4-6,8,14H,1-3H3/t8-/m0/s1.